The largest absolute Gasteiger partial charge is 0.494 e. The van der Waals surface area contributed by atoms with Crippen LogP contribution in [0.5, 0.6) is 17.2 Å². The third kappa shape index (κ3) is 15.1. The molecular weight excluding hydrogens is 729 g/mol. The third-order valence-corrected chi connectivity index (χ3v) is 9.92. The fraction of sp³-hybridized carbons (Fsp3) is 0.347. The number of nitrogens with zero attached hydrogens (tertiary/aromatic N) is 2. The van der Waals surface area contributed by atoms with Crippen LogP contribution in [-0.4, -0.2) is 37.3 Å². The normalized spacial score (nSPS) is 10.7. The summed E-state index contributed by atoms with van der Waals surface area (Å²) in [5.74, 6) is 2.07. The van der Waals surface area contributed by atoms with Crippen molar-refractivity contribution in [2.45, 2.75) is 83.5 Å². The molecule has 0 aliphatic carbocycles. The lowest BCUT2D eigenvalue weighted by molar-refractivity contribution is -0.384. The van der Waals surface area contributed by atoms with Crippen LogP contribution in [0.3, 0.4) is 0 Å². The van der Waals surface area contributed by atoms with Gasteiger partial charge in [0.15, 0.2) is 0 Å². The van der Waals surface area contributed by atoms with E-state index >= 15 is 0 Å². The Morgan fingerprint density at radius 2 is 0.793 bits per heavy atom. The molecule has 9 nitrogen and oxygen atoms in total. The Labute approximate surface area is 342 Å². The van der Waals surface area contributed by atoms with E-state index in [2.05, 4.69) is 6.07 Å². The van der Waals surface area contributed by atoms with Crippen LogP contribution in [0.25, 0.3) is 22.3 Å². The number of carbonyl (C=O) groups is 1. The summed E-state index contributed by atoms with van der Waals surface area (Å²) in [6.45, 7) is 2.37. The van der Waals surface area contributed by atoms with E-state index < -0.39 is 4.92 Å². The highest BCUT2D eigenvalue weighted by atomic mass is 16.6. The number of unbranched alkanes of at least 4 members (excludes halogenated alkanes) is 11. The molecule has 0 heterocycles. The number of benzene rings is 5. The second kappa shape index (κ2) is 24.5. The second-order valence-electron chi connectivity index (χ2n) is 14.3. The fourth-order valence-corrected chi connectivity index (χ4v) is 6.50. The smallest absolute Gasteiger partial charge is 0.338 e. The Hall–Kier alpha value is -6.14. The van der Waals surface area contributed by atoms with Gasteiger partial charge in [-0.3, -0.25) is 10.1 Å². The van der Waals surface area contributed by atoms with Crippen molar-refractivity contribution >= 4 is 11.7 Å². The van der Waals surface area contributed by atoms with E-state index in [4.69, 9.17) is 24.2 Å². The molecule has 0 atom stereocenters. The van der Waals surface area contributed by atoms with E-state index in [1.807, 2.05) is 97.1 Å². The molecule has 0 amide bonds. The standard InChI is InChI=1S/C49H54N2O7/c50-38-39-14-16-40(17-15-39)42-22-28-46(29-23-42)56-36-12-8-9-13-37-58-49(52)44-20-18-41(19-21-44)43-24-30-47(31-25-43)55-34-10-6-4-2-1-3-5-7-11-35-57-48-32-26-45(27-33-48)51(53)54/h14-33H,1-13,34-37H2. The summed E-state index contributed by atoms with van der Waals surface area (Å²) in [7, 11) is 0. The van der Waals surface area contributed by atoms with Gasteiger partial charge in [-0.15, -0.1) is 0 Å². The number of nitro groups is 1. The van der Waals surface area contributed by atoms with Crippen molar-refractivity contribution in [3.05, 3.63) is 143 Å². The molecule has 0 fully saturated rings. The van der Waals surface area contributed by atoms with E-state index in [-0.39, 0.29) is 11.7 Å². The minimum Gasteiger partial charge on any atom is -0.494 e. The molecule has 0 saturated heterocycles. The van der Waals surface area contributed by atoms with Gasteiger partial charge in [0.05, 0.1) is 48.5 Å². The zero-order valence-electron chi connectivity index (χ0n) is 33.3. The summed E-state index contributed by atoms with van der Waals surface area (Å²) >= 11 is 0. The summed E-state index contributed by atoms with van der Waals surface area (Å²) in [4.78, 5) is 22.9. The zero-order chi connectivity index (χ0) is 40.6. The van der Waals surface area contributed by atoms with Crippen molar-refractivity contribution in [1.29, 1.82) is 5.26 Å². The summed E-state index contributed by atoms with van der Waals surface area (Å²) in [6.07, 6.45) is 14.1. The molecule has 0 aliphatic rings. The monoisotopic (exact) mass is 782 g/mol. The lowest BCUT2D eigenvalue weighted by Gasteiger charge is -2.09. The van der Waals surface area contributed by atoms with Gasteiger partial charge >= 0.3 is 5.97 Å². The second-order valence-corrected chi connectivity index (χ2v) is 14.3. The number of hydrogen-bond acceptors (Lipinski definition) is 8. The number of non-ortho nitro benzene ring substituents is 1. The Morgan fingerprint density at radius 3 is 1.17 bits per heavy atom. The van der Waals surface area contributed by atoms with Crippen LogP contribution in [0.4, 0.5) is 5.69 Å². The molecule has 0 aliphatic heterocycles. The van der Waals surface area contributed by atoms with Crippen molar-refractivity contribution in [3.63, 3.8) is 0 Å². The van der Waals surface area contributed by atoms with E-state index in [1.54, 1.807) is 12.1 Å². The van der Waals surface area contributed by atoms with Crippen molar-refractivity contribution in [1.82, 2.24) is 0 Å². The molecule has 0 saturated carbocycles. The van der Waals surface area contributed by atoms with Crippen molar-refractivity contribution < 1.29 is 28.7 Å². The molecule has 5 aromatic carbocycles. The molecule has 0 bridgehead atoms. The number of ether oxygens (including phenoxy) is 4. The summed E-state index contributed by atoms with van der Waals surface area (Å²) < 4.78 is 23.1. The van der Waals surface area contributed by atoms with Crippen LogP contribution >= 0.6 is 0 Å². The molecule has 0 spiro atoms. The molecule has 58 heavy (non-hydrogen) atoms. The van der Waals surface area contributed by atoms with Gasteiger partial charge < -0.3 is 18.9 Å². The average molecular weight is 783 g/mol. The first-order valence-corrected chi connectivity index (χ1v) is 20.6. The van der Waals surface area contributed by atoms with E-state index in [0.717, 1.165) is 85.1 Å². The van der Waals surface area contributed by atoms with E-state index in [9.17, 15) is 14.9 Å². The van der Waals surface area contributed by atoms with Gasteiger partial charge in [0.1, 0.15) is 17.2 Å². The Bertz CT molecular complexity index is 1990. The summed E-state index contributed by atoms with van der Waals surface area (Å²) in [5, 5.41) is 19.7. The van der Waals surface area contributed by atoms with Crippen molar-refractivity contribution in [3.8, 4) is 45.6 Å². The van der Waals surface area contributed by atoms with Crippen molar-refractivity contribution in [2.24, 2.45) is 0 Å². The molecule has 5 aromatic rings. The maximum atomic E-state index is 12.6. The first-order chi connectivity index (χ1) is 28.5. The summed E-state index contributed by atoms with van der Waals surface area (Å²) in [6, 6.07) is 39.5. The molecule has 0 radical (unpaired) electrons. The minimum atomic E-state index is -0.406. The van der Waals surface area contributed by atoms with Gasteiger partial charge in [-0.05, 0) is 121 Å². The van der Waals surface area contributed by atoms with Crippen LogP contribution in [0.1, 0.15) is 99.4 Å². The third-order valence-electron chi connectivity index (χ3n) is 9.92. The molecule has 0 aromatic heterocycles. The van der Waals surface area contributed by atoms with Gasteiger partial charge in [-0.25, -0.2) is 4.79 Å². The van der Waals surface area contributed by atoms with E-state index in [1.165, 1.54) is 44.2 Å². The van der Waals surface area contributed by atoms with Crippen LogP contribution < -0.4 is 14.2 Å². The zero-order valence-corrected chi connectivity index (χ0v) is 33.3. The SMILES string of the molecule is N#Cc1ccc(-c2ccc(OCCCCCCOC(=O)c3ccc(-c4ccc(OCCCCCCCCCCCOc5ccc([N+](=O)[O-])cc5)cc4)cc3)cc2)cc1. The van der Waals surface area contributed by atoms with Gasteiger partial charge in [0, 0.05) is 12.1 Å². The number of nitriles is 1. The number of rotatable bonds is 26. The van der Waals surface area contributed by atoms with Crippen LogP contribution in [0.2, 0.25) is 0 Å². The molecule has 302 valence electrons. The van der Waals surface area contributed by atoms with Gasteiger partial charge in [-0.2, -0.15) is 5.26 Å². The first kappa shape index (κ1) is 43.0. The highest BCUT2D eigenvalue weighted by Gasteiger charge is 2.09. The van der Waals surface area contributed by atoms with Crippen LogP contribution in [0.15, 0.2) is 121 Å². The Balaban J connectivity index is 0.838. The average Bonchev–Trinajstić information content (AvgIpc) is 3.26. The Kier molecular flexibility index (Phi) is 18.1. The lowest BCUT2D eigenvalue weighted by atomic mass is 10.0. The van der Waals surface area contributed by atoms with Crippen LogP contribution in [0, 0.1) is 21.4 Å². The lowest BCUT2D eigenvalue weighted by Crippen LogP contribution is -2.06. The maximum Gasteiger partial charge on any atom is 0.338 e. The maximum absolute atomic E-state index is 12.6. The molecule has 9 heteroatoms. The summed E-state index contributed by atoms with van der Waals surface area (Å²) in [5.41, 5.74) is 5.51. The van der Waals surface area contributed by atoms with Crippen LogP contribution in [-0.2, 0) is 4.74 Å². The number of hydrogen-bond donors (Lipinski definition) is 0. The number of esters is 1. The fourth-order valence-electron chi connectivity index (χ4n) is 6.50. The van der Waals surface area contributed by atoms with Gasteiger partial charge in [0.2, 0.25) is 0 Å². The van der Waals surface area contributed by atoms with Gasteiger partial charge in [-0.1, -0.05) is 93.5 Å². The molecule has 0 unspecified atom stereocenters. The predicted molar refractivity (Wildman–Crippen MR) is 228 cm³/mol. The minimum absolute atomic E-state index is 0.0771. The Morgan fingerprint density at radius 1 is 0.466 bits per heavy atom. The van der Waals surface area contributed by atoms with Crippen molar-refractivity contribution in [2.75, 3.05) is 26.4 Å². The highest BCUT2D eigenvalue weighted by molar-refractivity contribution is 5.90. The highest BCUT2D eigenvalue weighted by Crippen LogP contribution is 2.25. The molecule has 0 N–H and O–H groups in total. The predicted octanol–water partition coefficient (Wildman–Crippen LogP) is 12.6. The number of carbonyl (C=O) groups excluding carboxylic acids is 1. The topological polar surface area (TPSA) is 121 Å². The number of nitro benzene ring substituents is 1. The van der Waals surface area contributed by atoms with E-state index in [0.29, 0.717) is 43.3 Å². The first-order valence-electron chi connectivity index (χ1n) is 20.6. The molecule has 5 rings (SSSR count). The quantitative estimate of drug-likeness (QED) is 0.0235. The van der Waals surface area contributed by atoms with Gasteiger partial charge in [0.25, 0.3) is 5.69 Å². The molecular formula is C49H54N2O7.